The molecule has 1 atom stereocenters. The van der Waals surface area contributed by atoms with Crippen molar-refractivity contribution < 1.29 is 9.53 Å². The summed E-state index contributed by atoms with van der Waals surface area (Å²) in [6.45, 7) is 2.10. The van der Waals surface area contributed by atoms with Gasteiger partial charge in [-0.3, -0.25) is 4.79 Å². The quantitative estimate of drug-likeness (QED) is 0.712. The van der Waals surface area contributed by atoms with Crippen molar-refractivity contribution in [1.82, 2.24) is 9.97 Å². The first-order chi connectivity index (χ1) is 6.24. The van der Waals surface area contributed by atoms with Crippen LogP contribution in [-0.4, -0.2) is 28.6 Å². The molecule has 14 heavy (non-hydrogen) atoms. The first-order valence-corrected chi connectivity index (χ1v) is 4.14. The van der Waals surface area contributed by atoms with Crippen LogP contribution in [0.25, 0.3) is 0 Å². The van der Waals surface area contributed by atoms with Crippen LogP contribution in [0.1, 0.15) is 12.7 Å². The summed E-state index contributed by atoms with van der Waals surface area (Å²) in [6, 6.07) is -0.633. The highest BCUT2D eigenvalue weighted by Crippen LogP contribution is 1.96. The molecule has 3 N–H and O–H groups in total. The number of rotatable bonds is 4. The van der Waals surface area contributed by atoms with E-state index in [1.807, 2.05) is 0 Å². The number of hydrogen-bond acceptors (Lipinski definition) is 4. The Hall–Kier alpha value is -1.07. The number of esters is 1. The summed E-state index contributed by atoms with van der Waals surface area (Å²) < 4.78 is 4.75. The van der Waals surface area contributed by atoms with E-state index in [1.54, 1.807) is 19.3 Å². The molecular weight excluding hydrogens is 206 g/mol. The Labute approximate surface area is 88.5 Å². The second-order valence-electron chi connectivity index (χ2n) is 2.60. The van der Waals surface area contributed by atoms with E-state index in [0.717, 1.165) is 0 Å². The molecule has 0 aliphatic rings. The summed E-state index contributed by atoms with van der Waals surface area (Å²) in [6.07, 6.45) is 3.69. The number of aromatic nitrogens is 2. The van der Waals surface area contributed by atoms with Crippen LogP contribution in [0.3, 0.4) is 0 Å². The minimum Gasteiger partial charge on any atom is -0.465 e. The second-order valence-corrected chi connectivity index (χ2v) is 2.60. The molecular formula is C8H14ClN3O2. The molecule has 0 spiro atoms. The van der Waals surface area contributed by atoms with Crippen LogP contribution in [-0.2, 0) is 16.0 Å². The number of halogens is 1. The maximum absolute atomic E-state index is 11.1. The van der Waals surface area contributed by atoms with Crippen LogP contribution < -0.4 is 5.73 Å². The summed E-state index contributed by atoms with van der Waals surface area (Å²) in [5, 5.41) is 0. The van der Waals surface area contributed by atoms with Gasteiger partial charge in [0.05, 0.1) is 6.61 Å². The SMILES string of the molecule is CCOC(=O)C(N)Cc1ncc[nH]1.Cl. The molecule has 0 saturated carbocycles. The third kappa shape index (κ3) is 3.76. The van der Waals surface area contributed by atoms with E-state index in [4.69, 9.17) is 10.5 Å². The number of aromatic amines is 1. The molecule has 0 aromatic carbocycles. The Morgan fingerprint density at radius 3 is 3.00 bits per heavy atom. The van der Waals surface area contributed by atoms with Crippen molar-refractivity contribution in [3.05, 3.63) is 18.2 Å². The fraction of sp³-hybridized carbons (Fsp3) is 0.500. The van der Waals surface area contributed by atoms with Gasteiger partial charge in [-0.1, -0.05) is 0 Å². The van der Waals surface area contributed by atoms with Crippen molar-refractivity contribution in [3.63, 3.8) is 0 Å². The maximum Gasteiger partial charge on any atom is 0.323 e. The van der Waals surface area contributed by atoms with Gasteiger partial charge in [-0.15, -0.1) is 12.4 Å². The van der Waals surface area contributed by atoms with Crippen LogP contribution >= 0.6 is 12.4 Å². The lowest BCUT2D eigenvalue weighted by molar-refractivity contribution is -0.144. The van der Waals surface area contributed by atoms with Crippen molar-refractivity contribution in [2.24, 2.45) is 5.73 Å². The summed E-state index contributed by atoms with van der Waals surface area (Å²) in [5.41, 5.74) is 5.56. The van der Waals surface area contributed by atoms with Gasteiger partial charge in [-0.05, 0) is 6.92 Å². The molecule has 0 radical (unpaired) electrons. The average Bonchev–Trinajstić information content (AvgIpc) is 2.57. The number of carbonyl (C=O) groups is 1. The van der Waals surface area contributed by atoms with Crippen molar-refractivity contribution in [2.45, 2.75) is 19.4 Å². The van der Waals surface area contributed by atoms with Crippen molar-refractivity contribution in [3.8, 4) is 0 Å². The van der Waals surface area contributed by atoms with Gasteiger partial charge in [0.1, 0.15) is 11.9 Å². The van der Waals surface area contributed by atoms with Crippen molar-refractivity contribution in [1.29, 1.82) is 0 Å². The number of nitrogens with zero attached hydrogens (tertiary/aromatic N) is 1. The first-order valence-electron chi connectivity index (χ1n) is 4.14. The van der Waals surface area contributed by atoms with E-state index in [1.165, 1.54) is 0 Å². The first kappa shape index (κ1) is 12.9. The Morgan fingerprint density at radius 2 is 2.50 bits per heavy atom. The standard InChI is InChI=1S/C8H13N3O2.ClH/c1-2-13-8(12)6(9)5-7-10-3-4-11-7;/h3-4,6H,2,5,9H2,1H3,(H,10,11);1H. The summed E-state index contributed by atoms with van der Waals surface area (Å²) >= 11 is 0. The van der Waals surface area contributed by atoms with Gasteiger partial charge in [0.15, 0.2) is 0 Å². The minimum absolute atomic E-state index is 0. The molecule has 0 aliphatic carbocycles. The number of hydrogen-bond donors (Lipinski definition) is 2. The molecule has 0 amide bonds. The molecule has 5 nitrogen and oxygen atoms in total. The van der Waals surface area contributed by atoms with Gasteiger partial charge in [0.25, 0.3) is 0 Å². The Balaban J connectivity index is 0.00000169. The highest BCUT2D eigenvalue weighted by molar-refractivity contribution is 5.85. The van der Waals surface area contributed by atoms with Gasteiger partial charge in [0.2, 0.25) is 0 Å². The second kappa shape index (κ2) is 6.39. The Kier molecular flexibility index (Phi) is 5.91. The van der Waals surface area contributed by atoms with E-state index in [9.17, 15) is 4.79 Å². The molecule has 1 aromatic heterocycles. The molecule has 1 heterocycles. The third-order valence-electron chi connectivity index (χ3n) is 1.56. The predicted molar refractivity (Wildman–Crippen MR) is 54.1 cm³/mol. The van der Waals surface area contributed by atoms with Crippen LogP contribution in [0.15, 0.2) is 12.4 Å². The molecule has 1 rings (SSSR count). The molecule has 80 valence electrons. The minimum atomic E-state index is -0.633. The highest BCUT2D eigenvalue weighted by Gasteiger charge is 2.15. The smallest absolute Gasteiger partial charge is 0.323 e. The number of carbonyl (C=O) groups excluding carboxylic acids is 1. The lowest BCUT2D eigenvalue weighted by Gasteiger charge is -2.07. The molecule has 6 heteroatoms. The number of nitrogens with two attached hydrogens (primary N) is 1. The topological polar surface area (TPSA) is 81.0 Å². The highest BCUT2D eigenvalue weighted by atomic mass is 35.5. The van der Waals surface area contributed by atoms with Gasteiger partial charge in [-0.25, -0.2) is 4.98 Å². The zero-order valence-corrected chi connectivity index (χ0v) is 8.71. The van der Waals surface area contributed by atoms with Gasteiger partial charge < -0.3 is 15.5 Å². The van der Waals surface area contributed by atoms with Gasteiger partial charge in [-0.2, -0.15) is 0 Å². The largest absolute Gasteiger partial charge is 0.465 e. The average molecular weight is 220 g/mol. The Bertz CT molecular complexity index is 264. The number of ether oxygens (including phenoxy) is 1. The van der Waals surface area contributed by atoms with Gasteiger partial charge >= 0.3 is 5.97 Å². The number of imidazole rings is 1. The zero-order valence-electron chi connectivity index (χ0n) is 7.90. The van der Waals surface area contributed by atoms with Crippen molar-refractivity contribution >= 4 is 18.4 Å². The van der Waals surface area contributed by atoms with E-state index in [-0.39, 0.29) is 18.4 Å². The summed E-state index contributed by atoms with van der Waals surface area (Å²) in [4.78, 5) is 17.9. The monoisotopic (exact) mass is 219 g/mol. The molecule has 0 fully saturated rings. The molecule has 0 saturated heterocycles. The lowest BCUT2D eigenvalue weighted by Crippen LogP contribution is -2.34. The normalized spacial score (nSPS) is 11.6. The third-order valence-corrected chi connectivity index (χ3v) is 1.56. The summed E-state index contributed by atoms with van der Waals surface area (Å²) in [5.74, 6) is 0.305. The van der Waals surface area contributed by atoms with E-state index in [0.29, 0.717) is 18.9 Å². The van der Waals surface area contributed by atoms with E-state index >= 15 is 0 Å². The molecule has 1 aromatic rings. The van der Waals surface area contributed by atoms with Crippen LogP contribution in [0, 0.1) is 0 Å². The number of H-pyrrole nitrogens is 1. The summed E-state index contributed by atoms with van der Waals surface area (Å²) in [7, 11) is 0. The van der Waals surface area contributed by atoms with E-state index < -0.39 is 6.04 Å². The van der Waals surface area contributed by atoms with Crippen molar-refractivity contribution in [2.75, 3.05) is 6.61 Å². The molecule has 0 bridgehead atoms. The predicted octanol–water partition coefficient (Wildman–Crippen LogP) is 0.264. The lowest BCUT2D eigenvalue weighted by atomic mass is 10.2. The number of nitrogens with one attached hydrogen (secondary N) is 1. The fourth-order valence-electron chi connectivity index (χ4n) is 0.951. The van der Waals surface area contributed by atoms with Crippen LogP contribution in [0.4, 0.5) is 0 Å². The fourth-order valence-corrected chi connectivity index (χ4v) is 0.951. The zero-order chi connectivity index (χ0) is 9.68. The van der Waals surface area contributed by atoms with E-state index in [2.05, 4.69) is 9.97 Å². The maximum atomic E-state index is 11.1. The van der Waals surface area contributed by atoms with Gasteiger partial charge in [0, 0.05) is 18.8 Å². The van der Waals surface area contributed by atoms with Crippen LogP contribution in [0.5, 0.6) is 0 Å². The molecule has 1 unspecified atom stereocenters. The molecule has 0 aliphatic heterocycles. The Morgan fingerprint density at radius 1 is 1.79 bits per heavy atom. The van der Waals surface area contributed by atoms with Crippen LogP contribution in [0.2, 0.25) is 0 Å².